The molecule has 3 N–H and O–H groups in total. The van der Waals surface area contributed by atoms with Gasteiger partial charge in [-0.2, -0.15) is 5.10 Å². The van der Waals surface area contributed by atoms with Crippen LogP contribution < -0.4 is 16.5 Å². The second-order valence-electron chi connectivity index (χ2n) is 6.74. The Kier molecular flexibility index (Phi) is 5.31. The van der Waals surface area contributed by atoms with Crippen molar-refractivity contribution >= 4 is 11.6 Å². The lowest BCUT2D eigenvalue weighted by molar-refractivity contribution is -0.384. The molecule has 0 bridgehead atoms. The van der Waals surface area contributed by atoms with E-state index in [0.717, 1.165) is 25.7 Å². The Morgan fingerprint density at radius 2 is 1.96 bits per heavy atom. The molecule has 1 aliphatic carbocycles. The molecule has 0 atom stereocenters. The first-order valence-corrected chi connectivity index (χ1v) is 8.78. The van der Waals surface area contributed by atoms with Gasteiger partial charge in [0.05, 0.1) is 4.92 Å². The first kappa shape index (κ1) is 18.7. The highest BCUT2D eigenvalue weighted by Gasteiger charge is 2.24. The molecular formula is C18H21N5O4. The predicted molar refractivity (Wildman–Crippen MR) is 98.9 cm³/mol. The van der Waals surface area contributed by atoms with Gasteiger partial charge in [0.15, 0.2) is 5.69 Å². The largest absolute Gasteiger partial charge is 0.348 e. The van der Waals surface area contributed by atoms with Gasteiger partial charge in [-0.25, -0.2) is 4.68 Å². The highest BCUT2D eigenvalue weighted by atomic mass is 16.6. The highest BCUT2D eigenvalue weighted by molar-refractivity contribution is 5.92. The maximum Gasteiger partial charge on any atom is 0.294 e. The van der Waals surface area contributed by atoms with Crippen molar-refractivity contribution in [1.29, 1.82) is 0 Å². The topological polar surface area (TPSA) is 133 Å². The van der Waals surface area contributed by atoms with Crippen LogP contribution in [0.25, 0.3) is 5.69 Å². The Labute approximate surface area is 155 Å². The van der Waals surface area contributed by atoms with Crippen LogP contribution in [-0.2, 0) is 0 Å². The van der Waals surface area contributed by atoms with Crippen molar-refractivity contribution in [2.75, 3.05) is 0 Å². The minimum absolute atomic E-state index is 0.0562. The van der Waals surface area contributed by atoms with E-state index in [0.29, 0.717) is 5.69 Å². The van der Waals surface area contributed by atoms with E-state index in [1.54, 1.807) is 19.1 Å². The fourth-order valence-corrected chi connectivity index (χ4v) is 3.26. The van der Waals surface area contributed by atoms with Gasteiger partial charge >= 0.3 is 0 Å². The maximum atomic E-state index is 12.6. The standard InChI is InChI=1S/C18H21N5O4/c1-11-10-16(24)17(18(25)20-13-8-6-12(19)7-9-13)21-22(11)14-4-2-3-5-15(14)23(26)27/h2-5,10,12-13H,6-9,19H2,1H3,(H,20,25). The number of rotatable bonds is 4. The molecule has 142 valence electrons. The molecule has 27 heavy (non-hydrogen) atoms. The van der Waals surface area contributed by atoms with Gasteiger partial charge in [-0.3, -0.25) is 19.7 Å². The van der Waals surface area contributed by atoms with Crippen LogP contribution in [-0.4, -0.2) is 32.7 Å². The van der Waals surface area contributed by atoms with Crippen molar-refractivity contribution in [3.63, 3.8) is 0 Å². The van der Waals surface area contributed by atoms with Gasteiger partial charge in [0, 0.05) is 29.9 Å². The van der Waals surface area contributed by atoms with Gasteiger partial charge in [-0.15, -0.1) is 0 Å². The zero-order valence-corrected chi connectivity index (χ0v) is 14.9. The summed E-state index contributed by atoms with van der Waals surface area (Å²) in [5, 5.41) is 18.3. The van der Waals surface area contributed by atoms with E-state index in [9.17, 15) is 19.7 Å². The molecule has 1 aromatic heterocycles. The molecule has 1 fully saturated rings. The van der Waals surface area contributed by atoms with Crippen molar-refractivity contribution in [3.05, 3.63) is 62.1 Å². The average Bonchev–Trinajstić information content (AvgIpc) is 2.63. The fraction of sp³-hybridized carbons (Fsp3) is 0.389. The first-order chi connectivity index (χ1) is 12.9. The van der Waals surface area contributed by atoms with Crippen LogP contribution in [0.15, 0.2) is 35.1 Å². The molecule has 0 saturated heterocycles. The second kappa shape index (κ2) is 7.67. The van der Waals surface area contributed by atoms with E-state index < -0.39 is 16.3 Å². The molecular weight excluding hydrogens is 350 g/mol. The second-order valence-corrected chi connectivity index (χ2v) is 6.74. The Morgan fingerprint density at radius 1 is 1.30 bits per heavy atom. The highest BCUT2D eigenvalue weighted by Crippen LogP contribution is 2.22. The minimum Gasteiger partial charge on any atom is -0.348 e. The van der Waals surface area contributed by atoms with Gasteiger partial charge in [-0.1, -0.05) is 12.1 Å². The number of nitro groups is 1. The number of aryl methyl sites for hydroxylation is 1. The van der Waals surface area contributed by atoms with E-state index in [-0.39, 0.29) is 29.2 Å². The molecule has 3 rings (SSSR count). The van der Waals surface area contributed by atoms with Crippen LogP contribution in [0.4, 0.5) is 5.69 Å². The number of nitrogens with one attached hydrogen (secondary N) is 1. The van der Waals surface area contributed by atoms with E-state index in [2.05, 4.69) is 10.4 Å². The number of carbonyl (C=O) groups excluding carboxylic acids is 1. The fourth-order valence-electron chi connectivity index (χ4n) is 3.26. The summed E-state index contributed by atoms with van der Waals surface area (Å²) >= 11 is 0. The quantitative estimate of drug-likeness (QED) is 0.617. The first-order valence-electron chi connectivity index (χ1n) is 8.78. The molecule has 0 radical (unpaired) electrons. The summed E-state index contributed by atoms with van der Waals surface area (Å²) in [6.45, 7) is 1.61. The van der Waals surface area contributed by atoms with Crippen LogP contribution in [0.5, 0.6) is 0 Å². The number of benzene rings is 1. The van der Waals surface area contributed by atoms with Crippen LogP contribution in [0.2, 0.25) is 0 Å². The average molecular weight is 371 g/mol. The number of hydrogen-bond donors (Lipinski definition) is 2. The normalized spacial score (nSPS) is 19.5. The van der Waals surface area contributed by atoms with E-state index >= 15 is 0 Å². The molecule has 9 heteroatoms. The minimum atomic E-state index is -0.576. The molecule has 1 aliphatic rings. The van der Waals surface area contributed by atoms with E-state index in [1.807, 2.05) is 0 Å². The van der Waals surface area contributed by atoms with Crippen molar-refractivity contribution in [1.82, 2.24) is 15.1 Å². The summed E-state index contributed by atoms with van der Waals surface area (Å²) in [6, 6.07) is 7.39. The lowest BCUT2D eigenvalue weighted by Crippen LogP contribution is -2.42. The molecule has 0 unspecified atom stereocenters. The molecule has 0 aliphatic heterocycles. The number of nitrogens with zero attached hydrogens (tertiary/aromatic N) is 3. The van der Waals surface area contributed by atoms with E-state index in [1.165, 1.54) is 22.9 Å². The summed E-state index contributed by atoms with van der Waals surface area (Å²) in [6.07, 6.45) is 3.12. The van der Waals surface area contributed by atoms with E-state index in [4.69, 9.17) is 5.73 Å². The number of hydrogen-bond acceptors (Lipinski definition) is 6. The van der Waals surface area contributed by atoms with Gasteiger partial charge < -0.3 is 11.1 Å². The van der Waals surface area contributed by atoms with Gasteiger partial charge in [0.2, 0.25) is 5.43 Å². The monoisotopic (exact) mass is 371 g/mol. The number of carbonyl (C=O) groups is 1. The lowest BCUT2D eigenvalue weighted by atomic mass is 9.92. The number of nitro benzene ring substituents is 1. The van der Waals surface area contributed by atoms with Crippen LogP contribution in [0, 0.1) is 17.0 Å². The van der Waals surface area contributed by atoms with Crippen LogP contribution in [0.1, 0.15) is 41.9 Å². The van der Waals surface area contributed by atoms with Gasteiger partial charge in [0.1, 0.15) is 5.69 Å². The zero-order valence-electron chi connectivity index (χ0n) is 14.9. The van der Waals surface area contributed by atoms with Crippen LogP contribution in [0.3, 0.4) is 0 Å². The molecule has 1 aromatic carbocycles. The van der Waals surface area contributed by atoms with Gasteiger partial charge in [0.25, 0.3) is 11.6 Å². The SMILES string of the molecule is Cc1cc(=O)c(C(=O)NC2CCC(N)CC2)nn1-c1ccccc1[N+](=O)[O-]. The number of aromatic nitrogens is 2. The molecule has 2 aromatic rings. The van der Waals surface area contributed by atoms with Crippen molar-refractivity contribution in [2.45, 2.75) is 44.7 Å². The number of para-hydroxylation sites is 2. The third-order valence-electron chi connectivity index (χ3n) is 4.74. The smallest absolute Gasteiger partial charge is 0.294 e. The summed E-state index contributed by atoms with van der Waals surface area (Å²) < 4.78 is 1.26. The summed E-state index contributed by atoms with van der Waals surface area (Å²) in [5.41, 5.74) is 5.49. The maximum absolute atomic E-state index is 12.6. The molecule has 1 amide bonds. The zero-order chi connectivity index (χ0) is 19.6. The lowest BCUT2D eigenvalue weighted by Gasteiger charge is -2.26. The van der Waals surface area contributed by atoms with Crippen molar-refractivity contribution in [3.8, 4) is 5.69 Å². The third kappa shape index (κ3) is 4.03. The number of nitrogens with two attached hydrogens (primary N) is 1. The van der Waals surface area contributed by atoms with Crippen molar-refractivity contribution < 1.29 is 9.72 Å². The molecule has 1 saturated carbocycles. The molecule has 0 spiro atoms. The number of amides is 1. The third-order valence-corrected chi connectivity index (χ3v) is 4.74. The summed E-state index contributed by atoms with van der Waals surface area (Å²) in [4.78, 5) is 35.6. The summed E-state index contributed by atoms with van der Waals surface area (Å²) in [5.74, 6) is -0.576. The Balaban J connectivity index is 1.94. The van der Waals surface area contributed by atoms with Gasteiger partial charge in [-0.05, 0) is 38.7 Å². The Morgan fingerprint density at radius 3 is 2.63 bits per heavy atom. The van der Waals surface area contributed by atoms with Crippen LogP contribution >= 0.6 is 0 Å². The predicted octanol–water partition coefficient (Wildman–Crippen LogP) is 1.45. The van der Waals surface area contributed by atoms with Crippen molar-refractivity contribution in [2.24, 2.45) is 5.73 Å². The molecule has 1 heterocycles. The Hall–Kier alpha value is -3.07. The Bertz CT molecular complexity index is 932. The molecule has 9 nitrogen and oxygen atoms in total. The summed E-state index contributed by atoms with van der Waals surface area (Å²) in [7, 11) is 0.